The van der Waals surface area contributed by atoms with Crippen molar-refractivity contribution < 1.29 is 14.0 Å². The van der Waals surface area contributed by atoms with Gasteiger partial charge in [-0.3, -0.25) is 14.5 Å². The Hall–Kier alpha value is -2.34. The predicted octanol–water partition coefficient (Wildman–Crippen LogP) is 4.65. The zero-order valence-electron chi connectivity index (χ0n) is 15.1. The van der Waals surface area contributed by atoms with E-state index in [4.69, 9.17) is 0 Å². The number of halogens is 1. The highest BCUT2D eigenvalue weighted by Gasteiger charge is 2.35. The lowest BCUT2D eigenvalue weighted by Gasteiger charge is -2.26. The molecule has 6 heteroatoms. The Morgan fingerprint density at radius 3 is 2.59 bits per heavy atom. The Morgan fingerprint density at radius 1 is 1.19 bits per heavy atom. The summed E-state index contributed by atoms with van der Waals surface area (Å²) in [7, 11) is 0. The summed E-state index contributed by atoms with van der Waals surface area (Å²) in [5, 5.41) is 2.67. The van der Waals surface area contributed by atoms with E-state index in [2.05, 4.69) is 5.32 Å². The van der Waals surface area contributed by atoms with E-state index in [1.54, 1.807) is 12.1 Å². The quantitative estimate of drug-likeness (QED) is 0.835. The summed E-state index contributed by atoms with van der Waals surface area (Å²) in [6, 6.07) is 12.3. The molecule has 0 radical (unpaired) electrons. The van der Waals surface area contributed by atoms with Crippen LogP contribution in [-0.2, 0) is 9.59 Å². The van der Waals surface area contributed by atoms with Gasteiger partial charge in [-0.05, 0) is 55.2 Å². The summed E-state index contributed by atoms with van der Waals surface area (Å²) < 4.78 is 14.4. The molecular formula is C21H21FN2O2S. The van der Waals surface area contributed by atoms with Crippen LogP contribution < -0.4 is 10.2 Å². The number of amides is 2. The van der Waals surface area contributed by atoms with Crippen LogP contribution >= 0.6 is 11.8 Å². The Morgan fingerprint density at radius 2 is 1.93 bits per heavy atom. The number of hydrogen-bond acceptors (Lipinski definition) is 3. The van der Waals surface area contributed by atoms with Gasteiger partial charge in [0, 0.05) is 11.6 Å². The van der Waals surface area contributed by atoms with Crippen molar-refractivity contribution >= 4 is 35.0 Å². The van der Waals surface area contributed by atoms with Crippen molar-refractivity contribution in [2.75, 3.05) is 16.0 Å². The SMILES string of the molecule is Cc1ccc(F)c(N2C(=O)CS[C@@H]2c2ccc(NC(=O)C3CCC3)cc2)c1. The van der Waals surface area contributed by atoms with Gasteiger partial charge in [0.1, 0.15) is 11.2 Å². The van der Waals surface area contributed by atoms with E-state index >= 15 is 0 Å². The van der Waals surface area contributed by atoms with Crippen LogP contribution in [0, 0.1) is 18.7 Å². The van der Waals surface area contributed by atoms with Crippen LogP contribution in [0.4, 0.5) is 15.8 Å². The van der Waals surface area contributed by atoms with E-state index in [0.717, 1.165) is 36.1 Å². The second kappa shape index (κ2) is 7.35. The summed E-state index contributed by atoms with van der Waals surface area (Å²) in [4.78, 5) is 26.0. The molecule has 2 fully saturated rings. The molecule has 2 aromatic carbocycles. The third kappa shape index (κ3) is 3.58. The number of carbonyl (C=O) groups is 2. The van der Waals surface area contributed by atoms with E-state index in [9.17, 15) is 14.0 Å². The zero-order valence-corrected chi connectivity index (χ0v) is 15.9. The highest BCUT2D eigenvalue weighted by Crippen LogP contribution is 2.43. The topological polar surface area (TPSA) is 49.4 Å². The second-order valence-electron chi connectivity index (χ2n) is 7.12. The van der Waals surface area contributed by atoms with Crippen LogP contribution in [-0.4, -0.2) is 17.6 Å². The van der Waals surface area contributed by atoms with Crippen LogP contribution in [0.15, 0.2) is 42.5 Å². The highest BCUT2D eigenvalue weighted by atomic mass is 32.2. The van der Waals surface area contributed by atoms with E-state index in [1.807, 2.05) is 31.2 Å². The first-order valence-electron chi connectivity index (χ1n) is 9.13. The molecule has 1 aliphatic carbocycles. The molecule has 140 valence electrons. The molecule has 1 heterocycles. The molecular weight excluding hydrogens is 363 g/mol. The maximum absolute atomic E-state index is 14.4. The number of anilines is 2. The Labute approximate surface area is 162 Å². The summed E-state index contributed by atoms with van der Waals surface area (Å²) in [5.41, 5.74) is 2.88. The molecule has 1 saturated heterocycles. The number of thioether (sulfide) groups is 1. The molecule has 1 N–H and O–H groups in total. The van der Waals surface area contributed by atoms with Crippen molar-refractivity contribution in [1.29, 1.82) is 0 Å². The molecule has 1 saturated carbocycles. The number of aryl methyl sites for hydroxylation is 1. The molecule has 0 bridgehead atoms. The van der Waals surface area contributed by atoms with Gasteiger partial charge in [0.15, 0.2) is 0 Å². The average molecular weight is 384 g/mol. The van der Waals surface area contributed by atoms with Crippen molar-refractivity contribution in [3.05, 3.63) is 59.4 Å². The van der Waals surface area contributed by atoms with Gasteiger partial charge in [0.05, 0.1) is 11.4 Å². The predicted molar refractivity (Wildman–Crippen MR) is 106 cm³/mol. The minimum atomic E-state index is -0.397. The molecule has 4 rings (SSSR count). The number of hydrogen-bond donors (Lipinski definition) is 1. The summed E-state index contributed by atoms with van der Waals surface area (Å²) in [6.45, 7) is 1.88. The number of nitrogens with zero attached hydrogens (tertiary/aromatic N) is 1. The first-order valence-corrected chi connectivity index (χ1v) is 10.2. The van der Waals surface area contributed by atoms with Gasteiger partial charge >= 0.3 is 0 Å². The minimum absolute atomic E-state index is 0.0721. The van der Waals surface area contributed by atoms with Crippen LogP contribution in [0.2, 0.25) is 0 Å². The van der Waals surface area contributed by atoms with Gasteiger partial charge in [-0.1, -0.05) is 24.6 Å². The molecule has 4 nitrogen and oxygen atoms in total. The van der Waals surface area contributed by atoms with Crippen molar-refractivity contribution in [1.82, 2.24) is 0 Å². The summed E-state index contributed by atoms with van der Waals surface area (Å²) in [6.07, 6.45) is 3.04. The normalized spacial score (nSPS) is 19.9. The van der Waals surface area contributed by atoms with Gasteiger partial charge in [-0.2, -0.15) is 0 Å². The Bertz CT molecular complexity index is 880. The van der Waals surface area contributed by atoms with Crippen LogP contribution in [0.1, 0.15) is 35.8 Å². The molecule has 2 aromatic rings. The van der Waals surface area contributed by atoms with E-state index in [-0.39, 0.29) is 23.1 Å². The van der Waals surface area contributed by atoms with Gasteiger partial charge in [-0.15, -0.1) is 11.8 Å². The Balaban J connectivity index is 1.55. The number of benzene rings is 2. The minimum Gasteiger partial charge on any atom is -0.326 e. The fourth-order valence-corrected chi connectivity index (χ4v) is 4.55. The van der Waals surface area contributed by atoms with E-state index < -0.39 is 5.82 Å². The van der Waals surface area contributed by atoms with Gasteiger partial charge in [0.2, 0.25) is 11.8 Å². The number of nitrogens with one attached hydrogen (secondary N) is 1. The Kier molecular flexibility index (Phi) is 4.91. The largest absolute Gasteiger partial charge is 0.326 e. The van der Waals surface area contributed by atoms with Gasteiger partial charge in [-0.25, -0.2) is 4.39 Å². The first-order chi connectivity index (χ1) is 13.0. The van der Waals surface area contributed by atoms with E-state index in [0.29, 0.717) is 11.4 Å². The number of rotatable bonds is 4. The van der Waals surface area contributed by atoms with E-state index in [1.165, 1.54) is 22.7 Å². The first kappa shape index (κ1) is 18.0. The van der Waals surface area contributed by atoms with Gasteiger partial charge < -0.3 is 5.32 Å². The molecule has 0 spiro atoms. The number of carbonyl (C=O) groups excluding carboxylic acids is 2. The maximum atomic E-state index is 14.4. The molecule has 27 heavy (non-hydrogen) atoms. The lowest BCUT2D eigenvalue weighted by molar-refractivity contribution is -0.122. The average Bonchev–Trinajstić information content (AvgIpc) is 2.97. The van der Waals surface area contributed by atoms with Crippen molar-refractivity contribution in [3.63, 3.8) is 0 Å². The molecule has 1 aliphatic heterocycles. The third-order valence-electron chi connectivity index (χ3n) is 5.17. The monoisotopic (exact) mass is 384 g/mol. The zero-order chi connectivity index (χ0) is 19.0. The lowest BCUT2D eigenvalue weighted by Crippen LogP contribution is -2.29. The highest BCUT2D eigenvalue weighted by molar-refractivity contribution is 8.00. The molecule has 1 atom stereocenters. The molecule has 2 amide bonds. The van der Waals surface area contributed by atoms with Crippen LogP contribution in [0.5, 0.6) is 0 Å². The van der Waals surface area contributed by atoms with Crippen molar-refractivity contribution in [2.45, 2.75) is 31.6 Å². The summed E-state index contributed by atoms with van der Waals surface area (Å²) >= 11 is 1.48. The fraction of sp³-hybridized carbons (Fsp3) is 0.333. The summed E-state index contributed by atoms with van der Waals surface area (Å²) in [5.74, 6) is 0.0242. The van der Waals surface area contributed by atoms with Gasteiger partial charge in [0.25, 0.3) is 0 Å². The molecule has 0 aromatic heterocycles. The van der Waals surface area contributed by atoms with Crippen LogP contribution in [0.3, 0.4) is 0 Å². The fourth-order valence-electron chi connectivity index (χ4n) is 3.38. The molecule has 2 aliphatic rings. The smallest absolute Gasteiger partial charge is 0.238 e. The standard InChI is InChI=1S/C21H21FN2O2S/c1-13-5-10-17(22)18(11-13)24-19(25)12-27-21(24)15-6-8-16(9-7-15)23-20(26)14-3-2-4-14/h5-11,14,21H,2-4,12H2,1H3,(H,23,26)/t21-/m1/s1. The van der Waals surface area contributed by atoms with Crippen LogP contribution in [0.25, 0.3) is 0 Å². The lowest BCUT2D eigenvalue weighted by atomic mass is 9.85. The third-order valence-corrected chi connectivity index (χ3v) is 6.38. The maximum Gasteiger partial charge on any atom is 0.238 e. The molecule has 0 unspecified atom stereocenters. The second-order valence-corrected chi connectivity index (χ2v) is 8.19. The van der Waals surface area contributed by atoms with Crippen molar-refractivity contribution in [3.8, 4) is 0 Å². The van der Waals surface area contributed by atoms with Crippen molar-refractivity contribution in [2.24, 2.45) is 5.92 Å².